The Morgan fingerprint density at radius 1 is 1.00 bits per heavy atom. The predicted molar refractivity (Wildman–Crippen MR) is 150 cm³/mol. The zero-order chi connectivity index (χ0) is 27.6. The van der Waals surface area contributed by atoms with Crippen LogP contribution in [-0.2, 0) is 26.0 Å². The average Bonchev–Trinajstić information content (AvgIpc) is 3.46. The molecule has 2 heterocycles. The van der Waals surface area contributed by atoms with Gasteiger partial charge in [0.05, 0.1) is 38.4 Å². The number of sulfonamides is 1. The highest BCUT2D eigenvalue weighted by molar-refractivity contribution is 7.93. The highest BCUT2D eigenvalue weighted by atomic mass is 35.5. The van der Waals surface area contributed by atoms with E-state index in [0.717, 1.165) is 15.6 Å². The fourth-order valence-corrected chi connectivity index (χ4v) is 6.34. The molecule has 3 aromatic carbocycles. The van der Waals surface area contributed by atoms with Crippen molar-refractivity contribution in [2.24, 2.45) is 0 Å². The number of hydrogen-bond acceptors (Lipinski definition) is 5. The van der Waals surface area contributed by atoms with Crippen LogP contribution in [0.1, 0.15) is 12.0 Å². The molecule has 0 spiro atoms. The third-order valence-corrected chi connectivity index (χ3v) is 8.81. The van der Waals surface area contributed by atoms with Crippen LogP contribution in [0.3, 0.4) is 0 Å². The van der Waals surface area contributed by atoms with Crippen molar-refractivity contribution in [2.45, 2.75) is 23.8 Å². The average molecular weight is 584 g/mol. The Bertz CT molecular complexity index is 1630. The molecule has 0 saturated carbocycles. The normalized spacial score (nSPS) is 15.0. The van der Waals surface area contributed by atoms with Crippen LogP contribution in [0.5, 0.6) is 0 Å². The molecule has 4 aromatic rings. The van der Waals surface area contributed by atoms with Crippen molar-refractivity contribution in [3.63, 3.8) is 0 Å². The molecule has 12 heteroatoms. The number of amides is 2. The number of carbonyl (C=O) groups is 2. The van der Waals surface area contributed by atoms with E-state index >= 15 is 0 Å². The molecule has 0 saturated heterocycles. The molecule has 0 radical (unpaired) electrons. The molecule has 1 aliphatic heterocycles. The van der Waals surface area contributed by atoms with Crippen molar-refractivity contribution in [1.82, 2.24) is 15.1 Å². The number of para-hydroxylation sites is 2. The van der Waals surface area contributed by atoms with Crippen LogP contribution in [-0.4, -0.2) is 42.6 Å². The third kappa shape index (κ3) is 5.63. The second-order valence-corrected chi connectivity index (χ2v) is 11.4. The van der Waals surface area contributed by atoms with Crippen molar-refractivity contribution in [3.8, 4) is 5.69 Å². The first-order chi connectivity index (χ1) is 18.7. The van der Waals surface area contributed by atoms with Gasteiger partial charge in [-0.1, -0.05) is 47.5 Å². The van der Waals surface area contributed by atoms with Gasteiger partial charge in [0.1, 0.15) is 6.04 Å². The Labute approximate surface area is 235 Å². The predicted octanol–water partition coefficient (Wildman–Crippen LogP) is 4.44. The van der Waals surface area contributed by atoms with E-state index in [1.165, 1.54) is 18.2 Å². The van der Waals surface area contributed by atoms with Gasteiger partial charge in [0, 0.05) is 18.9 Å². The number of carbonyl (C=O) groups excluding carboxylic acids is 2. The lowest BCUT2D eigenvalue weighted by Crippen LogP contribution is -2.52. The first-order valence-corrected chi connectivity index (χ1v) is 14.2. The maximum atomic E-state index is 13.8. The molecule has 2 amide bonds. The molecule has 9 nitrogen and oxygen atoms in total. The van der Waals surface area contributed by atoms with E-state index in [0.29, 0.717) is 18.7 Å². The fraction of sp³-hybridized carbons (Fsp3) is 0.148. The molecule has 1 unspecified atom stereocenters. The molecule has 0 bridgehead atoms. The van der Waals surface area contributed by atoms with Gasteiger partial charge in [0.15, 0.2) is 0 Å². The number of nitrogens with zero attached hydrogens (tertiary/aromatic N) is 3. The van der Waals surface area contributed by atoms with Gasteiger partial charge in [-0.3, -0.25) is 13.9 Å². The summed E-state index contributed by atoms with van der Waals surface area (Å²) in [6, 6.07) is 18.7. The Hall–Kier alpha value is -3.86. The molecule has 200 valence electrons. The van der Waals surface area contributed by atoms with Crippen LogP contribution in [0.25, 0.3) is 5.69 Å². The highest BCUT2D eigenvalue weighted by Gasteiger charge is 2.42. The number of halogens is 2. The number of anilines is 2. The second-order valence-electron chi connectivity index (χ2n) is 8.82. The summed E-state index contributed by atoms with van der Waals surface area (Å²) in [5.74, 6) is -1.07. The number of nitrogens with one attached hydrogen (secondary N) is 2. The molecule has 2 N–H and O–H groups in total. The first-order valence-electron chi connectivity index (χ1n) is 12.0. The van der Waals surface area contributed by atoms with Crippen LogP contribution >= 0.6 is 23.2 Å². The topological polar surface area (TPSA) is 113 Å². The molecule has 39 heavy (non-hydrogen) atoms. The minimum atomic E-state index is -4.29. The summed E-state index contributed by atoms with van der Waals surface area (Å²) < 4.78 is 30.3. The first kappa shape index (κ1) is 26.7. The van der Waals surface area contributed by atoms with Crippen molar-refractivity contribution >= 4 is 56.4 Å². The number of aromatic nitrogens is 2. The molecule has 1 atom stereocenters. The maximum Gasteiger partial charge on any atom is 0.265 e. The minimum Gasteiger partial charge on any atom is -0.356 e. The van der Waals surface area contributed by atoms with Crippen LogP contribution in [0, 0.1) is 0 Å². The lowest BCUT2D eigenvalue weighted by atomic mass is 10.1. The molecule has 0 aliphatic carbocycles. The second kappa shape index (κ2) is 11.1. The monoisotopic (exact) mass is 583 g/mol. The Morgan fingerprint density at radius 2 is 1.77 bits per heavy atom. The summed E-state index contributed by atoms with van der Waals surface area (Å²) in [4.78, 5) is 25.8. The molecule has 1 aromatic heterocycles. The third-order valence-electron chi connectivity index (χ3n) is 6.25. The quantitative estimate of drug-likeness (QED) is 0.318. The van der Waals surface area contributed by atoms with Crippen LogP contribution < -0.4 is 14.9 Å². The van der Waals surface area contributed by atoms with Gasteiger partial charge >= 0.3 is 0 Å². The van der Waals surface area contributed by atoms with Gasteiger partial charge in [-0.2, -0.15) is 5.10 Å². The number of benzene rings is 3. The molecular formula is C27H23Cl2N5O4S. The van der Waals surface area contributed by atoms with E-state index in [2.05, 4.69) is 15.7 Å². The zero-order valence-electron chi connectivity index (χ0n) is 20.4. The lowest BCUT2D eigenvalue weighted by Gasteiger charge is -2.36. The summed E-state index contributed by atoms with van der Waals surface area (Å²) in [6.45, 7) is 0.310. The lowest BCUT2D eigenvalue weighted by molar-refractivity contribution is -0.125. The summed E-state index contributed by atoms with van der Waals surface area (Å²) in [5.41, 5.74) is 2.48. The summed E-state index contributed by atoms with van der Waals surface area (Å²) in [7, 11) is -4.29. The van der Waals surface area contributed by atoms with Gasteiger partial charge in [-0.25, -0.2) is 13.1 Å². The Morgan fingerprint density at radius 3 is 2.49 bits per heavy atom. The van der Waals surface area contributed by atoms with Gasteiger partial charge < -0.3 is 10.6 Å². The molecule has 0 fully saturated rings. The Balaban J connectivity index is 1.32. The largest absolute Gasteiger partial charge is 0.356 e. The summed E-state index contributed by atoms with van der Waals surface area (Å²) in [6.07, 6.45) is 3.72. The van der Waals surface area contributed by atoms with E-state index in [1.54, 1.807) is 35.1 Å². The fourth-order valence-electron chi connectivity index (χ4n) is 4.32. The van der Waals surface area contributed by atoms with E-state index in [4.69, 9.17) is 23.2 Å². The van der Waals surface area contributed by atoms with E-state index in [1.807, 2.05) is 36.5 Å². The smallest absolute Gasteiger partial charge is 0.265 e. The van der Waals surface area contributed by atoms with E-state index in [-0.39, 0.29) is 27.0 Å². The maximum absolute atomic E-state index is 13.8. The minimum absolute atomic E-state index is 0.0550. The van der Waals surface area contributed by atoms with Gasteiger partial charge in [-0.15, -0.1) is 0 Å². The molecule has 1 aliphatic rings. The zero-order valence-corrected chi connectivity index (χ0v) is 22.7. The van der Waals surface area contributed by atoms with Crippen molar-refractivity contribution in [3.05, 3.63) is 101 Å². The van der Waals surface area contributed by atoms with E-state index < -0.39 is 27.9 Å². The van der Waals surface area contributed by atoms with Crippen LogP contribution in [0.2, 0.25) is 10.0 Å². The number of fused-ring (bicyclic) bond motifs is 1. The summed E-state index contributed by atoms with van der Waals surface area (Å²) in [5, 5.41) is 9.95. The summed E-state index contributed by atoms with van der Waals surface area (Å²) >= 11 is 12.1. The molecular weight excluding hydrogens is 561 g/mol. The van der Waals surface area contributed by atoms with E-state index in [9.17, 15) is 18.0 Å². The number of hydrogen-bond donors (Lipinski definition) is 2. The van der Waals surface area contributed by atoms with Crippen molar-refractivity contribution in [1.29, 1.82) is 0 Å². The van der Waals surface area contributed by atoms with Crippen LogP contribution in [0.4, 0.5) is 11.4 Å². The van der Waals surface area contributed by atoms with Crippen molar-refractivity contribution in [2.75, 3.05) is 16.2 Å². The van der Waals surface area contributed by atoms with Gasteiger partial charge in [0.2, 0.25) is 11.8 Å². The highest BCUT2D eigenvalue weighted by Crippen LogP contribution is 2.38. The Kier molecular flexibility index (Phi) is 7.60. The van der Waals surface area contributed by atoms with Crippen LogP contribution in [0.15, 0.2) is 90.1 Å². The SMILES string of the molecule is O=C(CC1C(=O)Nc2ccccc2N1S(=O)(=O)c1ccc(Cl)c(Cl)c1)NCCc1ccc(-n2cccn2)cc1. The van der Waals surface area contributed by atoms with Crippen molar-refractivity contribution < 1.29 is 18.0 Å². The van der Waals surface area contributed by atoms with Gasteiger partial charge in [0.25, 0.3) is 10.0 Å². The molecule has 5 rings (SSSR count). The van der Waals surface area contributed by atoms with Gasteiger partial charge in [-0.05, 0) is 60.5 Å². The standard InChI is InChI=1S/C27H23Cl2N5O4S/c28-21-11-10-20(16-22(21)29)39(37,38)34-24-5-2-1-4-23(24)32-27(36)25(34)17-26(35)30-14-12-18-6-8-19(9-7-18)33-15-3-13-31-33/h1-11,13,15-16,25H,12,14,17H2,(H,30,35)(H,32,36). The number of rotatable bonds is 8.